The van der Waals surface area contributed by atoms with Crippen molar-refractivity contribution in [2.45, 2.75) is 71.1 Å². The molecule has 222 valence electrons. The Hall–Kier alpha value is -3.96. The first kappa shape index (κ1) is 32.6. The first-order valence-electron chi connectivity index (χ1n) is 14.3. The fourth-order valence-electron chi connectivity index (χ4n) is 4.62. The van der Waals surface area contributed by atoms with Crippen LogP contribution in [0, 0.1) is 12.3 Å². The van der Waals surface area contributed by atoms with Crippen molar-refractivity contribution in [1.82, 2.24) is 10.2 Å². The molecule has 0 heterocycles. The fourth-order valence-corrected chi connectivity index (χ4v) is 4.87. The van der Waals surface area contributed by atoms with Crippen LogP contribution in [0.4, 0.5) is 10.5 Å². The summed E-state index contributed by atoms with van der Waals surface area (Å²) in [6.07, 6.45) is 8.45. The number of amides is 3. The molecule has 8 heteroatoms. The quantitative estimate of drug-likeness (QED) is 0.125. The Balaban J connectivity index is 2.00. The number of unbranched alkanes of at least 4 members (excludes halogenated alkanes) is 3. The number of hydrogen-bond acceptors (Lipinski definition) is 5. The van der Waals surface area contributed by atoms with E-state index in [1.807, 2.05) is 42.5 Å². The highest BCUT2D eigenvalue weighted by Gasteiger charge is 2.35. The summed E-state index contributed by atoms with van der Waals surface area (Å²) in [5.41, 5.74) is 1.13. The van der Waals surface area contributed by atoms with Crippen molar-refractivity contribution in [3.63, 3.8) is 0 Å². The summed E-state index contributed by atoms with van der Waals surface area (Å²) in [6, 6.07) is 18.6. The molecule has 0 aliphatic rings. The van der Waals surface area contributed by atoms with Crippen LogP contribution in [0.3, 0.4) is 0 Å². The van der Waals surface area contributed by atoms with E-state index >= 15 is 0 Å². The highest BCUT2D eigenvalue weighted by molar-refractivity contribution is 7.80. The van der Waals surface area contributed by atoms with Crippen LogP contribution in [-0.2, 0) is 14.3 Å². The lowest BCUT2D eigenvalue weighted by Gasteiger charge is -2.34. The second-order valence-electron chi connectivity index (χ2n) is 11.2. The third-order valence-electron chi connectivity index (χ3n) is 6.68. The van der Waals surface area contributed by atoms with E-state index in [2.05, 4.69) is 36.1 Å². The lowest BCUT2D eigenvalue weighted by atomic mass is 10.0. The maximum absolute atomic E-state index is 14.1. The molecular formula is C34H41N3O4S. The minimum Gasteiger partial charge on any atom is -0.444 e. The van der Waals surface area contributed by atoms with E-state index in [-0.39, 0.29) is 11.7 Å². The first-order chi connectivity index (χ1) is 20.1. The summed E-state index contributed by atoms with van der Waals surface area (Å²) in [7, 11) is 0. The van der Waals surface area contributed by atoms with Gasteiger partial charge >= 0.3 is 6.09 Å². The molecule has 2 unspecified atom stereocenters. The Bertz CT molecular complexity index is 1410. The molecule has 42 heavy (non-hydrogen) atoms. The zero-order valence-electron chi connectivity index (χ0n) is 24.9. The lowest BCUT2D eigenvalue weighted by Crippen LogP contribution is -2.53. The van der Waals surface area contributed by atoms with Gasteiger partial charge in [0.15, 0.2) is 0 Å². The van der Waals surface area contributed by atoms with Gasteiger partial charge in [0.05, 0.1) is 0 Å². The van der Waals surface area contributed by atoms with Crippen molar-refractivity contribution in [1.29, 1.82) is 0 Å². The van der Waals surface area contributed by atoms with Crippen molar-refractivity contribution in [2.24, 2.45) is 0 Å². The van der Waals surface area contributed by atoms with Gasteiger partial charge in [-0.1, -0.05) is 74.6 Å². The third kappa shape index (κ3) is 9.28. The largest absolute Gasteiger partial charge is 0.444 e. The summed E-state index contributed by atoms with van der Waals surface area (Å²) < 4.78 is 5.39. The second kappa shape index (κ2) is 15.3. The third-order valence-corrected chi connectivity index (χ3v) is 7.04. The second-order valence-corrected chi connectivity index (χ2v) is 11.6. The summed E-state index contributed by atoms with van der Waals surface area (Å²) in [5.74, 6) is 1.82. The SMILES string of the molecule is C#Cc1ccc(C(C(=O)Nc2ccc3ccccc3c2)N(CCCCCC)C(=O)C(CS)NC(=O)OC(C)(C)C)cc1. The minimum absolute atomic E-state index is 0.0264. The van der Waals surface area contributed by atoms with E-state index in [0.29, 0.717) is 29.8 Å². The number of nitrogens with zero attached hydrogens (tertiary/aromatic N) is 1. The van der Waals surface area contributed by atoms with Crippen molar-refractivity contribution in [2.75, 3.05) is 17.6 Å². The smallest absolute Gasteiger partial charge is 0.408 e. The van der Waals surface area contributed by atoms with E-state index < -0.39 is 29.7 Å². The van der Waals surface area contributed by atoms with Gasteiger partial charge in [-0.3, -0.25) is 9.59 Å². The van der Waals surface area contributed by atoms with Crippen LogP contribution in [-0.4, -0.2) is 46.7 Å². The number of carbonyl (C=O) groups is 3. The molecule has 0 saturated carbocycles. The van der Waals surface area contributed by atoms with E-state index in [9.17, 15) is 14.4 Å². The molecular weight excluding hydrogens is 546 g/mol. The molecule has 7 nitrogen and oxygen atoms in total. The van der Waals surface area contributed by atoms with Crippen molar-refractivity contribution in [3.8, 4) is 12.3 Å². The fraction of sp³-hybridized carbons (Fsp3) is 0.382. The molecule has 3 amide bonds. The normalized spacial score (nSPS) is 12.6. The Morgan fingerprint density at radius 3 is 2.29 bits per heavy atom. The van der Waals surface area contributed by atoms with Gasteiger partial charge in [-0.2, -0.15) is 12.6 Å². The van der Waals surface area contributed by atoms with E-state index in [1.165, 1.54) is 4.90 Å². The molecule has 3 aromatic carbocycles. The number of rotatable bonds is 12. The first-order valence-corrected chi connectivity index (χ1v) is 15.0. The molecule has 2 atom stereocenters. The minimum atomic E-state index is -1.00. The number of thiol groups is 1. The zero-order valence-corrected chi connectivity index (χ0v) is 25.7. The summed E-state index contributed by atoms with van der Waals surface area (Å²) in [5, 5.41) is 7.71. The number of ether oxygens (including phenoxy) is 1. The van der Waals surface area contributed by atoms with Crippen LogP contribution in [0.5, 0.6) is 0 Å². The summed E-state index contributed by atoms with van der Waals surface area (Å²) in [4.78, 5) is 42.3. The molecule has 0 saturated heterocycles. The van der Waals surface area contributed by atoms with E-state index in [1.54, 1.807) is 45.0 Å². The van der Waals surface area contributed by atoms with Crippen LogP contribution < -0.4 is 10.6 Å². The number of carbonyl (C=O) groups excluding carboxylic acids is 3. The number of nitrogens with one attached hydrogen (secondary N) is 2. The number of alkyl carbamates (subject to hydrolysis) is 1. The molecule has 0 aromatic heterocycles. The van der Waals surface area contributed by atoms with Gasteiger partial charge in [0.2, 0.25) is 5.91 Å². The van der Waals surface area contributed by atoms with Gasteiger partial charge in [0.1, 0.15) is 17.7 Å². The highest BCUT2D eigenvalue weighted by Crippen LogP contribution is 2.27. The molecule has 0 radical (unpaired) electrons. The topological polar surface area (TPSA) is 87.7 Å². The van der Waals surface area contributed by atoms with Gasteiger partial charge in [0.25, 0.3) is 5.91 Å². The summed E-state index contributed by atoms with van der Waals surface area (Å²) >= 11 is 4.37. The van der Waals surface area contributed by atoms with Crippen LogP contribution in [0.2, 0.25) is 0 Å². The summed E-state index contributed by atoms with van der Waals surface area (Å²) in [6.45, 7) is 7.66. The number of anilines is 1. The van der Waals surface area contributed by atoms with Crippen LogP contribution in [0.25, 0.3) is 10.8 Å². The Labute approximate surface area is 254 Å². The van der Waals surface area contributed by atoms with Gasteiger partial charge in [0, 0.05) is 23.5 Å². The predicted molar refractivity (Wildman–Crippen MR) is 173 cm³/mol. The number of terminal acetylenes is 1. The van der Waals surface area contributed by atoms with Crippen molar-refractivity contribution in [3.05, 3.63) is 77.9 Å². The molecule has 0 bridgehead atoms. The van der Waals surface area contributed by atoms with Gasteiger partial charge in [-0.15, -0.1) is 6.42 Å². The van der Waals surface area contributed by atoms with Crippen molar-refractivity contribution < 1.29 is 19.1 Å². The molecule has 3 rings (SSSR count). The average Bonchev–Trinajstić information content (AvgIpc) is 2.96. The lowest BCUT2D eigenvalue weighted by molar-refractivity contribution is -0.140. The zero-order chi connectivity index (χ0) is 30.7. The molecule has 0 aliphatic carbocycles. The predicted octanol–water partition coefficient (Wildman–Crippen LogP) is 6.73. The van der Waals surface area contributed by atoms with Gasteiger partial charge in [-0.05, 0) is 67.8 Å². The van der Waals surface area contributed by atoms with E-state index in [0.717, 1.165) is 30.0 Å². The molecule has 0 fully saturated rings. The Kier molecular flexibility index (Phi) is 11.9. The Morgan fingerprint density at radius 2 is 1.67 bits per heavy atom. The van der Waals surface area contributed by atoms with Crippen LogP contribution in [0.1, 0.15) is 70.5 Å². The van der Waals surface area contributed by atoms with Crippen molar-refractivity contribution >= 4 is 47.0 Å². The standard InChI is InChI=1S/C34H41N3O4S/c1-6-8-9-12-21-37(32(39)29(23-42)36-33(40)41-34(3,4)5)30(26-17-15-24(7-2)16-18-26)31(38)35-28-20-19-25-13-10-11-14-27(25)22-28/h2,10-11,13-20,22,29-30,42H,6,8-9,12,21,23H2,1,3-5H3,(H,35,38)(H,36,40). The number of hydrogen-bond donors (Lipinski definition) is 3. The van der Waals surface area contributed by atoms with Crippen LogP contribution in [0.15, 0.2) is 66.7 Å². The molecule has 3 aromatic rings. The average molecular weight is 588 g/mol. The van der Waals surface area contributed by atoms with Gasteiger partial charge < -0.3 is 20.3 Å². The molecule has 0 aliphatic heterocycles. The van der Waals surface area contributed by atoms with E-state index in [4.69, 9.17) is 11.2 Å². The van der Waals surface area contributed by atoms with Gasteiger partial charge in [-0.25, -0.2) is 4.79 Å². The maximum Gasteiger partial charge on any atom is 0.408 e. The maximum atomic E-state index is 14.1. The highest BCUT2D eigenvalue weighted by atomic mass is 32.1. The monoisotopic (exact) mass is 587 g/mol. The number of benzene rings is 3. The molecule has 2 N–H and O–H groups in total. The van der Waals surface area contributed by atoms with Crippen LogP contribution >= 0.6 is 12.6 Å². The molecule has 0 spiro atoms. The number of fused-ring (bicyclic) bond motifs is 1. The Morgan fingerprint density at radius 1 is 0.976 bits per heavy atom.